The number of nitrogens with zero attached hydrogens (tertiary/aromatic N) is 1. The zero-order valence-electron chi connectivity index (χ0n) is 11.1. The molecule has 1 aromatic carbocycles. The smallest absolute Gasteiger partial charge is 0.413 e. The van der Waals surface area contributed by atoms with E-state index in [4.69, 9.17) is 4.74 Å². The van der Waals surface area contributed by atoms with Gasteiger partial charge in [0.15, 0.2) is 0 Å². The van der Waals surface area contributed by atoms with Gasteiger partial charge in [-0.1, -0.05) is 44.2 Å². The first-order valence-electron chi connectivity index (χ1n) is 6.13. The van der Waals surface area contributed by atoms with E-state index < -0.39 is 0 Å². The zero-order chi connectivity index (χ0) is 13.2. The molecule has 0 aromatic heterocycles. The molecule has 0 atom stereocenters. The van der Waals surface area contributed by atoms with Gasteiger partial charge in [0.25, 0.3) is 0 Å². The maximum Gasteiger partial charge on any atom is 0.413 e. The van der Waals surface area contributed by atoms with Crippen molar-refractivity contribution >= 4 is 12.2 Å². The third-order valence-corrected chi connectivity index (χ3v) is 3.12. The molecule has 0 saturated carbocycles. The molecule has 96 valence electrons. The monoisotopic (exact) mass is 245 g/mol. The van der Waals surface area contributed by atoms with Crippen molar-refractivity contribution < 1.29 is 9.53 Å². The minimum atomic E-state index is -0.275. The molecule has 0 bridgehead atoms. The Balaban J connectivity index is 2.30. The zero-order valence-corrected chi connectivity index (χ0v) is 11.1. The highest BCUT2D eigenvalue weighted by Gasteiger charge is 2.36. The molecule has 3 nitrogen and oxygen atoms in total. The molecular weight excluding hydrogens is 226 g/mol. The Morgan fingerprint density at radius 1 is 1.33 bits per heavy atom. The first kappa shape index (κ1) is 12.7. The van der Waals surface area contributed by atoms with Crippen LogP contribution in [0, 0.1) is 5.41 Å². The van der Waals surface area contributed by atoms with Crippen LogP contribution in [0.2, 0.25) is 0 Å². The molecular formula is C15H19NO2. The third kappa shape index (κ3) is 2.73. The van der Waals surface area contributed by atoms with Crippen molar-refractivity contribution in [2.75, 3.05) is 13.7 Å². The number of methoxy groups -OCH3 is 1. The number of carbonyl (C=O) groups excluding carboxylic acids is 1. The number of allylic oxidation sites excluding steroid dienone is 1. The van der Waals surface area contributed by atoms with Gasteiger partial charge in [-0.3, -0.25) is 4.90 Å². The predicted octanol–water partition coefficient (Wildman–Crippen LogP) is 3.53. The lowest BCUT2D eigenvalue weighted by Gasteiger charge is -2.18. The van der Waals surface area contributed by atoms with E-state index >= 15 is 0 Å². The molecule has 0 aliphatic carbocycles. The summed E-state index contributed by atoms with van der Waals surface area (Å²) in [4.78, 5) is 13.5. The second kappa shape index (κ2) is 4.84. The van der Waals surface area contributed by atoms with Gasteiger partial charge in [0.1, 0.15) is 0 Å². The van der Waals surface area contributed by atoms with Gasteiger partial charge in [0, 0.05) is 12.2 Å². The van der Waals surface area contributed by atoms with E-state index in [2.05, 4.69) is 19.9 Å². The van der Waals surface area contributed by atoms with Crippen LogP contribution in [0.5, 0.6) is 0 Å². The van der Waals surface area contributed by atoms with Gasteiger partial charge < -0.3 is 4.74 Å². The summed E-state index contributed by atoms with van der Waals surface area (Å²) in [6, 6.07) is 10.0. The van der Waals surface area contributed by atoms with E-state index in [9.17, 15) is 4.79 Å². The highest BCUT2D eigenvalue weighted by molar-refractivity contribution is 5.73. The van der Waals surface area contributed by atoms with Crippen molar-refractivity contribution in [3.05, 3.63) is 41.6 Å². The number of benzene rings is 1. The van der Waals surface area contributed by atoms with E-state index in [0.717, 1.165) is 17.7 Å². The van der Waals surface area contributed by atoms with Crippen LogP contribution in [0.15, 0.2) is 36.0 Å². The molecule has 1 aromatic rings. The highest BCUT2D eigenvalue weighted by atomic mass is 16.5. The maximum absolute atomic E-state index is 11.8. The summed E-state index contributed by atoms with van der Waals surface area (Å²) in [6.07, 6.45) is 2.67. The van der Waals surface area contributed by atoms with Crippen molar-refractivity contribution in [3.63, 3.8) is 0 Å². The van der Waals surface area contributed by atoms with Crippen molar-refractivity contribution in [1.82, 2.24) is 4.90 Å². The summed E-state index contributed by atoms with van der Waals surface area (Å²) in [5.41, 5.74) is 2.24. The van der Waals surface area contributed by atoms with Gasteiger partial charge in [-0.05, 0) is 23.5 Å². The van der Waals surface area contributed by atoms with Gasteiger partial charge in [-0.2, -0.15) is 0 Å². The van der Waals surface area contributed by atoms with Gasteiger partial charge in [0.05, 0.1) is 7.11 Å². The molecule has 0 spiro atoms. The standard InChI is InChI=1S/C15H19NO2/c1-15(2)10-13(16(11-15)14(17)18-3)9-12-7-5-4-6-8-12/h4-9H,10-11H2,1-3H3/b13-9+. The molecule has 0 unspecified atom stereocenters. The molecule has 18 heavy (non-hydrogen) atoms. The largest absolute Gasteiger partial charge is 0.452 e. The average molecular weight is 245 g/mol. The Labute approximate surface area is 108 Å². The molecule has 1 fully saturated rings. The first-order valence-corrected chi connectivity index (χ1v) is 6.13. The summed E-state index contributed by atoms with van der Waals surface area (Å²) in [5, 5.41) is 0. The minimum absolute atomic E-state index is 0.106. The van der Waals surface area contributed by atoms with Crippen LogP contribution in [0.1, 0.15) is 25.8 Å². The molecule has 2 rings (SSSR count). The molecule has 1 heterocycles. The van der Waals surface area contributed by atoms with Gasteiger partial charge in [-0.15, -0.1) is 0 Å². The highest BCUT2D eigenvalue weighted by Crippen LogP contribution is 2.37. The van der Waals surface area contributed by atoms with Crippen molar-refractivity contribution in [1.29, 1.82) is 0 Å². The maximum atomic E-state index is 11.8. The van der Waals surface area contributed by atoms with Crippen LogP contribution < -0.4 is 0 Å². The minimum Gasteiger partial charge on any atom is -0.452 e. The lowest BCUT2D eigenvalue weighted by molar-refractivity contribution is 0.136. The van der Waals surface area contributed by atoms with Crippen LogP contribution >= 0.6 is 0 Å². The summed E-state index contributed by atoms with van der Waals surface area (Å²) in [6.45, 7) is 5.03. The molecule has 1 aliphatic rings. The van der Waals surface area contributed by atoms with E-state index in [1.54, 1.807) is 4.90 Å². The normalized spacial score (nSPS) is 20.2. The summed E-state index contributed by atoms with van der Waals surface area (Å²) in [5.74, 6) is 0. The fourth-order valence-electron chi connectivity index (χ4n) is 2.33. The van der Waals surface area contributed by atoms with Crippen molar-refractivity contribution in [3.8, 4) is 0 Å². The lowest BCUT2D eigenvalue weighted by atomic mass is 9.92. The van der Waals surface area contributed by atoms with Crippen molar-refractivity contribution in [2.24, 2.45) is 5.41 Å². The molecule has 3 heteroatoms. The number of hydrogen-bond donors (Lipinski definition) is 0. The summed E-state index contributed by atoms with van der Waals surface area (Å²) < 4.78 is 4.84. The fourth-order valence-corrected chi connectivity index (χ4v) is 2.33. The molecule has 0 N–H and O–H groups in total. The van der Waals surface area contributed by atoms with Gasteiger partial charge >= 0.3 is 6.09 Å². The van der Waals surface area contributed by atoms with E-state index in [1.165, 1.54) is 7.11 Å². The SMILES string of the molecule is COC(=O)N1CC(C)(C)C/C1=C\c1ccccc1. The molecule has 1 amide bonds. The quantitative estimate of drug-likeness (QED) is 0.757. The van der Waals surface area contributed by atoms with Gasteiger partial charge in [0.2, 0.25) is 0 Å². The van der Waals surface area contributed by atoms with Gasteiger partial charge in [-0.25, -0.2) is 4.79 Å². The number of carbonyl (C=O) groups is 1. The van der Waals surface area contributed by atoms with E-state index in [-0.39, 0.29) is 11.5 Å². The Bertz CT molecular complexity index is 463. The van der Waals surface area contributed by atoms with Crippen LogP contribution in [0.3, 0.4) is 0 Å². The molecule has 1 aliphatic heterocycles. The number of ether oxygens (including phenoxy) is 1. The van der Waals surface area contributed by atoms with Crippen LogP contribution in [0.25, 0.3) is 6.08 Å². The van der Waals surface area contributed by atoms with Crippen LogP contribution in [-0.2, 0) is 4.74 Å². The average Bonchev–Trinajstić information content (AvgIpc) is 2.65. The summed E-state index contributed by atoms with van der Waals surface area (Å²) in [7, 11) is 1.42. The Hall–Kier alpha value is -1.77. The Morgan fingerprint density at radius 2 is 2.00 bits per heavy atom. The van der Waals surface area contributed by atoms with Crippen LogP contribution in [0.4, 0.5) is 4.79 Å². The van der Waals surface area contributed by atoms with Crippen LogP contribution in [-0.4, -0.2) is 24.6 Å². The second-order valence-electron chi connectivity index (χ2n) is 5.44. The Kier molecular flexibility index (Phi) is 3.41. The second-order valence-corrected chi connectivity index (χ2v) is 5.44. The predicted molar refractivity (Wildman–Crippen MR) is 71.9 cm³/mol. The fraction of sp³-hybridized carbons (Fsp3) is 0.400. The molecule has 0 radical (unpaired) electrons. The number of rotatable bonds is 1. The topological polar surface area (TPSA) is 29.5 Å². The summed E-state index contributed by atoms with van der Waals surface area (Å²) >= 11 is 0. The van der Waals surface area contributed by atoms with Crippen molar-refractivity contribution in [2.45, 2.75) is 20.3 Å². The Morgan fingerprint density at radius 3 is 2.61 bits per heavy atom. The number of likely N-dealkylation sites (tertiary alicyclic amines) is 1. The van der Waals surface area contributed by atoms with E-state index in [0.29, 0.717) is 6.54 Å². The van der Waals surface area contributed by atoms with E-state index in [1.807, 2.05) is 30.3 Å². The molecule has 1 saturated heterocycles. The number of amides is 1. The first-order chi connectivity index (χ1) is 8.52. The number of hydrogen-bond acceptors (Lipinski definition) is 2. The third-order valence-electron chi connectivity index (χ3n) is 3.12. The lowest BCUT2D eigenvalue weighted by Crippen LogP contribution is -2.29.